The van der Waals surface area contributed by atoms with Gasteiger partial charge in [0, 0.05) is 35.3 Å². The van der Waals surface area contributed by atoms with Crippen LogP contribution in [0.25, 0.3) is 11.1 Å². The maximum absolute atomic E-state index is 12.9. The van der Waals surface area contributed by atoms with Crippen molar-refractivity contribution in [3.63, 3.8) is 0 Å². The highest BCUT2D eigenvalue weighted by molar-refractivity contribution is 6.26. The number of hydrogen-bond acceptors (Lipinski definition) is 4. The van der Waals surface area contributed by atoms with Crippen molar-refractivity contribution < 1.29 is 14.7 Å². The molecule has 1 saturated heterocycles. The lowest BCUT2D eigenvalue weighted by Gasteiger charge is -2.27. The molecule has 1 heterocycles. The van der Waals surface area contributed by atoms with Gasteiger partial charge in [-0.2, -0.15) is 0 Å². The average molecular weight is 308 g/mol. The van der Waals surface area contributed by atoms with Crippen LogP contribution in [0.4, 0.5) is 0 Å². The van der Waals surface area contributed by atoms with Crippen molar-refractivity contribution in [3.8, 4) is 11.1 Å². The third-order valence-electron chi connectivity index (χ3n) is 4.40. The van der Waals surface area contributed by atoms with Crippen molar-refractivity contribution in [2.45, 2.75) is 0 Å². The van der Waals surface area contributed by atoms with E-state index in [2.05, 4.69) is 5.16 Å². The van der Waals surface area contributed by atoms with Crippen molar-refractivity contribution in [3.05, 3.63) is 59.2 Å². The fraction of sp³-hybridized carbons (Fsp3) is 0.222. The van der Waals surface area contributed by atoms with Gasteiger partial charge in [-0.25, -0.2) is 0 Å². The van der Waals surface area contributed by atoms with Gasteiger partial charge in [-0.3, -0.25) is 4.79 Å². The Bertz CT molecular complexity index is 808. The number of rotatable bonds is 1. The third-order valence-corrected chi connectivity index (χ3v) is 4.40. The first-order valence-electron chi connectivity index (χ1n) is 7.63. The quantitative estimate of drug-likeness (QED) is 0.554. The van der Waals surface area contributed by atoms with Crippen LogP contribution < -0.4 is 0 Å². The topological polar surface area (TPSA) is 62.1 Å². The number of fused-ring (bicyclic) bond motifs is 3. The molecule has 116 valence electrons. The first kappa shape index (κ1) is 14.0. The number of benzene rings is 2. The van der Waals surface area contributed by atoms with Gasteiger partial charge in [0.2, 0.25) is 0 Å². The molecule has 0 bridgehead atoms. The van der Waals surface area contributed by atoms with Gasteiger partial charge in [0.05, 0.1) is 13.2 Å². The minimum Gasteiger partial charge on any atom is -0.410 e. The summed E-state index contributed by atoms with van der Waals surface area (Å²) in [4.78, 5) is 14.7. The van der Waals surface area contributed by atoms with Gasteiger partial charge in [-0.1, -0.05) is 41.6 Å². The van der Waals surface area contributed by atoms with Crippen LogP contribution >= 0.6 is 0 Å². The maximum Gasteiger partial charge on any atom is 0.254 e. The molecule has 1 fully saturated rings. The molecule has 1 N–H and O–H groups in total. The molecule has 5 nitrogen and oxygen atoms in total. The summed E-state index contributed by atoms with van der Waals surface area (Å²) in [7, 11) is 0. The summed E-state index contributed by atoms with van der Waals surface area (Å²) >= 11 is 0. The molecule has 0 radical (unpaired) electrons. The summed E-state index contributed by atoms with van der Waals surface area (Å²) < 4.78 is 5.32. The summed E-state index contributed by atoms with van der Waals surface area (Å²) in [5, 5.41) is 12.9. The minimum absolute atomic E-state index is 0.000794. The smallest absolute Gasteiger partial charge is 0.254 e. The molecule has 2 aliphatic rings. The van der Waals surface area contributed by atoms with Crippen molar-refractivity contribution in [2.75, 3.05) is 26.3 Å². The number of amides is 1. The van der Waals surface area contributed by atoms with Crippen LogP contribution in [0.1, 0.15) is 21.5 Å². The van der Waals surface area contributed by atoms with Crippen molar-refractivity contribution in [2.24, 2.45) is 5.16 Å². The molecule has 0 atom stereocenters. The van der Waals surface area contributed by atoms with E-state index < -0.39 is 0 Å². The lowest BCUT2D eigenvalue weighted by Crippen LogP contribution is -2.40. The summed E-state index contributed by atoms with van der Waals surface area (Å²) in [5.74, 6) is -0.000794. The molecular formula is C18H16N2O3. The molecule has 0 unspecified atom stereocenters. The number of morpholine rings is 1. The van der Waals surface area contributed by atoms with Crippen LogP contribution in [0.5, 0.6) is 0 Å². The van der Waals surface area contributed by atoms with Gasteiger partial charge in [-0.05, 0) is 11.6 Å². The van der Waals surface area contributed by atoms with E-state index in [0.717, 1.165) is 22.3 Å². The van der Waals surface area contributed by atoms with E-state index in [1.54, 1.807) is 0 Å². The van der Waals surface area contributed by atoms with Crippen LogP contribution in [-0.4, -0.2) is 48.0 Å². The van der Waals surface area contributed by atoms with E-state index in [9.17, 15) is 10.0 Å². The number of carbonyl (C=O) groups excluding carboxylic acids is 1. The fourth-order valence-corrected chi connectivity index (χ4v) is 3.32. The molecule has 1 aliphatic heterocycles. The molecule has 1 amide bonds. The molecule has 5 heteroatoms. The van der Waals surface area contributed by atoms with Crippen molar-refractivity contribution in [1.82, 2.24) is 4.90 Å². The van der Waals surface area contributed by atoms with Crippen molar-refractivity contribution >= 4 is 11.6 Å². The normalized spacial score (nSPS) is 17.9. The van der Waals surface area contributed by atoms with Crippen LogP contribution in [0, 0.1) is 0 Å². The second-order valence-corrected chi connectivity index (χ2v) is 5.63. The number of ether oxygens (including phenoxy) is 1. The van der Waals surface area contributed by atoms with Gasteiger partial charge in [-0.15, -0.1) is 0 Å². The third kappa shape index (κ3) is 2.12. The van der Waals surface area contributed by atoms with Gasteiger partial charge in [0.25, 0.3) is 5.91 Å². The van der Waals surface area contributed by atoms with E-state index in [0.29, 0.717) is 37.6 Å². The lowest BCUT2D eigenvalue weighted by atomic mass is 9.98. The fourth-order valence-electron chi connectivity index (χ4n) is 3.32. The zero-order valence-electron chi connectivity index (χ0n) is 12.5. The highest BCUT2D eigenvalue weighted by atomic mass is 16.5. The largest absolute Gasteiger partial charge is 0.410 e. The van der Waals surface area contributed by atoms with Crippen LogP contribution in [0.15, 0.2) is 47.6 Å². The van der Waals surface area contributed by atoms with E-state index in [1.807, 2.05) is 47.4 Å². The first-order valence-corrected chi connectivity index (χ1v) is 7.63. The molecule has 0 aromatic heterocycles. The predicted octanol–water partition coefficient (Wildman–Crippen LogP) is 2.37. The SMILES string of the molecule is O=C(c1cccc2c1-c1ccccc1/C2=N/O)N1CCOCC1. The zero-order valence-corrected chi connectivity index (χ0v) is 12.5. The minimum atomic E-state index is -0.000794. The van der Waals surface area contributed by atoms with Gasteiger partial charge >= 0.3 is 0 Å². The monoisotopic (exact) mass is 308 g/mol. The summed E-state index contributed by atoms with van der Waals surface area (Å²) in [5.41, 5.74) is 4.61. The number of hydrogen-bond donors (Lipinski definition) is 1. The number of nitrogens with zero attached hydrogens (tertiary/aromatic N) is 2. The van der Waals surface area contributed by atoms with E-state index in [-0.39, 0.29) is 5.91 Å². The Morgan fingerprint density at radius 2 is 1.70 bits per heavy atom. The maximum atomic E-state index is 12.9. The second-order valence-electron chi connectivity index (χ2n) is 5.63. The lowest BCUT2D eigenvalue weighted by molar-refractivity contribution is 0.0303. The zero-order chi connectivity index (χ0) is 15.8. The van der Waals surface area contributed by atoms with Crippen LogP contribution in [0.2, 0.25) is 0 Å². The Kier molecular flexibility index (Phi) is 3.35. The van der Waals surface area contributed by atoms with Crippen molar-refractivity contribution in [1.29, 1.82) is 0 Å². The van der Waals surface area contributed by atoms with Gasteiger partial charge < -0.3 is 14.8 Å². The standard InChI is InChI=1S/C18H16N2O3/c21-18(20-8-10-23-11-9-20)15-7-3-6-14-16(15)12-4-1-2-5-13(12)17(14)19-22/h1-7,22H,8-11H2/b19-17-. The van der Waals surface area contributed by atoms with E-state index >= 15 is 0 Å². The number of carbonyl (C=O) groups is 1. The average Bonchev–Trinajstić information content (AvgIpc) is 2.95. The number of oxime groups is 1. The van der Waals surface area contributed by atoms with Crippen LogP contribution in [0.3, 0.4) is 0 Å². The Morgan fingerprint density at radius 1 is 1.00 bits per heavy atom. The summed E-state index contributed by atoms with van der Waals surface area (Å²) in [6, 6.07) is 13.3. The Hall–Kier alpha value is -2.66. The Morgan fingerprint density at radius 3 is 2.43 bits per heavy atom. The molecular weight excluding hydrogens is 292 g/mol. The Balaban J connectivity index is 1.87. The molecule has 4 rings (SSSR count). The molecule has 2 aromatic rings. The second kappa shape index (κ2) is 5.52. The van der Waals surface area contributed by atoms with E-state index in [1.165, 1.54) is 0 Å². The first-order chi connectivity index (χ1) is 11.3. The summed E-state index contributed by atoms with van der Waals surface area (Å²) in [6.45, 7) is 2.34. The van der Waals surface area contributed by atoms with Gasteiger partial charge in [0.15, 0.2) is 0 Å². The highest BCUT2D eigenvalue weighted by Crippen LogP contribution is 2.39. The highest BCUT2D eigenvalue weighted by Gasteiger charge is 2.31. The Labute approximate surface area is 133 Å². The molecule has 1 aliphatic carbocycles. The summed E-state index contributed by atoms with van der Waals surface area (Å²) in [6.07, 6.45) is 0. The predicted molar refractivity (Wildman–Crippen MR) is 86.0 cm³/mol. The molecule has 2 aromatic carbocycles. The van der Waals surface area contributed by atoms with Gasteiger partial charge in [0.1, 0.15) is 5.71 Å². The molecule has 0 spiro atoms. The molecule has 0 saturated carbocycles. The van der Waals surface area contributed by atoms with Crippen LogP contribution in [-0.2, 0) is 4.74 Å². The molecule has 23 heavy (non-hydrogen) atoms. The van der Waals surface area contributed by atoms with E-state index in [4.69, 9.17) is 4.74 Å².